The minimum atomic E-state index is -2.95. The van der Waals surface area contributed by atoms with Gasteiger partial charge in [0, 0.05) is 13.1 Å². The van der Waals surface area contributed by atoms with Gasteiger partial charge in [0.25, 0.3) is 0 Å². The summed E-state index contributed by atoms with van der Waals surface area (Å²) in [5.74, 6) is 0.911. The van der Waals surface area contributed by atoms with Crippen molar-refractivity contribution in [3.05, 3.63) is 17.8 Å². The number of anilines is 1. The normalized spacial score (nSPS) is 19.2. The largest absolute Gasteiger partial charge is 0.389 e. The van der Waals surface area contributed by atoms with Crippen LogP contribution in [0.3, 0.4) is 0 Å². The average molecular weight is 286 g/mol. The zero-order chi connectivity index (χ0) is 13.2. The second kappa shape index (κ2) is 5.15. The fourth-order valence-corrected chi connectivity index (χ4v) is 3.33. The molecule has 0 spiro atoms. The van der Waals surface area contributed by atoms with Crippen molar-refractivity contribution in [2.75, 3.05) is 29.5 Å². The van der Waals surface area contributed by atoms with E-state index in [4.69, 9.17) is 18.0 Å². The maximum Gasteiger partial charge on any atom is 0.161 e. The number of hydrogen-bond acceptors (Lipinski definition) is 6. The number of sulfone groups is 1. The van der Waals surface area contributed by atoms with E-state index in [2.05, 4.69) is 10.2 Å². The quantitative estimate of drug-likeness (QED) is 0.749. The summed E-state index contributed by atoms with van der Waals surface area (Å²) in [6.07, 6.45) is 2.10. The third-order valence-electron chi connectivity index (χ3n) is 2.82. The van der Waals surface area contributed by atoms with Crippen molar-refractivity contribution in [1.82, 2.24) is 10.2 Å². The molecule has 18 heavy (non-hydrogen) atoms. The van der Waals surface area contributed by atoms with E-state index in [1.54, 1.807) is 6.07 Å². The molecule has 1 aromatic rings. The number of nitrogens with zero attached hydrogens (tertiary/aromatic N) is 3. The molecule has 2 N–H and O–H groups in total. The maximum absolute atomic E-state index is 11.6. The van der Waals surface area contributed by atoms with Gasteiger partial charge in [-0.3, -0.25) is 0 Å². The monoisotopic (exact) mass is 286 g/mol. The van der Waals surface area contributed by atoms with Crippen LogP contribution in [0.4, 0.5) is 5.82 Å². The van der Waals surface area contributed by atoms with E-state index in [-0.39, 0.29) is 16.5 Å². The van der Waals surface area contributed by atoms with E-state index in [1.165, 1.54) is 6.20 Å². The molecular formula is C10H14N4O2S2. The van der Waals surface area contributed by atoms with Gasteiger partial charge in [0.1, 0.15) is 4.99 Å². The van der Waals surface area contributed by atoms with E-state index in [0.29, 0.717) is 30.9 Å². The molecule has 1 aromatic heterocycles. The van der Waals surface area contributed by atoms with E-state index < -0.39 is 9.84 Å². The minimum absolute atomic E-state index is 0.125. The van der Waals surface area contributed by atoms with Crippen LogP contribution in [0.15, 0.2) is 12.3 Å². The molecule has 1 fully saturated rings. The zero-order valence-corrected chi connectivity index (χ0v) is 11.4. The number of aromatic nitrogens is 2. The van der Waals surface area contributed by atoms with Crippen LogP contribution in [0.1, 0.15) is 12.0 Å². The van der Waals surface area contributed by atoms with Gasteiger partial charge in [0.15, 0.2) is 15.7 Å². The lowest BCUT2D eigenvalue weighted by Crippen LogP contribution is -2.30. The molecule has 98 valence electrons. The Hall–Kier alpha value is -1.28. The molecule has 2 heterocycles. The first kappa shape index (κ1) is 13.2. The standard InChI is InChI=1S/C10H14N4O2S2/c11-9(17)8-2-3-12-13-10(8)14-4-1-6-18(15,16)7-5-14/h2-3H,1,4-7H2,(H2,11,17). The molecule has 0 amide bonds. The second-order valence-electron chi connectivity index (χ2n) is 4.13. The highest BCUT2D eigenvalue weighted by Crippen LogP contribution is 2.18. The molecule has 0 aliphatic carbocycles. The van der Waals surface area contributed by atoms with Crippen LogP contribution >= 0.6 is 12.2 Å². The van der Waals surface area contributed by atoms with E-state index in [9.17, 15) is 8.42 Å². The van der Waals surface area contributed by atoms with E-state index in [1.807, 2.05) is 4.90 Å². The van der Waals surface area contributed by atoms with Gasteiger partial charge >= 0.3 is 0 Å². The van der Waals surface area contributed by atoms with Gasteiger partial charge in [-0.25, -0.2) is 8.42 Å². The smallest absolute Gasteiger partial charge is 0.161 e. The lowest BCUT2D eigenvalue weighted by molar-refractivity contribution is 0.597. The fourth-order valence-electron chi connectivity index (χ4n) is 1.90. The molecule has 0 aromatic carbocycles. The number of rotatable bonds is 2. The Morgan fingerprint density at radius 3 is 2.89 bits per heavy atom. The Balaban J connectivity index is 2.29. The summed E-state index contributed by atoms with van der Waals surface area (Å²) in [6, 6.07) is 1.70. The Kier molecular flexibility index (Phi) is 3.76. The lowest BCUT2D eigenvalue weighted by Gasteiger charge is -2.22. The van der Waals surface area contributed by atoms with Crippen LogP contribution in [0.5, 0.6) is 0 Å². The summed E-state index contributed by atoms with van der Waals surface area (Å²) in [5.41, 5.74) is 6.27. The van der Waals surface area contributed by atoms with Crippen molar-refractivity contribution in [2.45, 2.75) is 6.42 Å². The first-order chi connectivity index (χ1) is 8.49. The molecule has 2 rings (SSSR count). The minimum Gasteiger partial charge on any atom is -0.389 e. The van der Waals surface area contributed by atoms with Gasteiger partial charge in [0.05, 0.1) is 23.3 Å². The summed E-state index contributed by atoms with van der Waals surface area (Å²) in [4.78, 5) is 2.12. The van der Waals surface area contributed by atoms with Crippen molar-refractivity contribution < 1.29 is 8.42 Å². The number of thiocarbonyl (C=S) groups is 1. The number of nitrogens with two attached hydrogens (primary N) is 1. The predicted octanol–water partition coefficient (Wildman–Crippen LogP) is -0.264. The molecule has 1 saturated heterocycles. The molecule has 0 saturated carbocycles. The van der Waals surface area contributed by atoms with Crippen molar-refractivity contribution in [3.63, 3.8) is 0 Å². The first-order valence-corrected chi connectivity index (χ1v) is 7.79. The highest BCUT2D eigenvalue weighted by atomic mass is 32.2. The molecule has 0 unspecified atom stereocenters. The third-order valence-corrected chi connectivity index (χ3v) is 4.76. The van der Waals surface area contributed by atoms with Crippen LogP contribution in [0.25, 0.3) is 0 Å². The SMILES string of the molecule is NC(=S)c1ccnnc1N1CCCS(=O)(=O)CC1. The predicted molar refractivity (Wildman–Crippen MR) is 73.4 cm³/mol. The van der Waals surface area contributed by atoms with Crippen molar-refractivity contribution in [2.24, 2.45) is 5.73 Å². The molecule has 1 aliphatic heterocycles. The highest BCUT2D eigenvalue weighted by Gasteiger charge is 2.22. The lowest BCUT2D eigenvalue weighted by atomic mass is 10.2. The van der Waals surface area contributed by atoms with E-state index >= 15 is 0 Å². The molecule has 6 nitrogen and oxygen atoms in total. The van der Waals surface area contributed by atoms with Crippen molar-refractivity contribution in [3.8, 4) is 0 Å². The first-order valence-electron chi connectivity index (χ1n) is 5.56. The van der Waals surface area contributed by atoms with E-state index in [0.717, 1.165) is 0 Å². The van der Waals surface area contributed by atoms with Crippen LogP contribution in [0.2, 0.25) is 0 Å². The van der Waals surface area contributed by atoms with Gasteiger partial charge < -0.3 is 10.6 Å². The third kappa shape index (κ3) is 2.94. The summed E-state index contributed by atoms with van der Waals surface area (Å²) in [6.45, 7) is 1.02. The summed E-state index contributed by atoms with van der Waals surface area (Å²) in [7, 11) is -2.95. The molecule has 0 bridgehead atoms. The van der Waals surface area contributed by atoms with Gasteiger partial charge in [-0.2, -0.15) is 5.10 Å². The molecule has 0 radical (unpaired) electrons. The van der Waals surface area contributed by atoms with Crippen LogP contribution in [0, 0.1) is 0 Å². The highest BCUT2D eigenvalue weighted by molar-refractivity contribution is 7.91. The summed E-state index contributed by atoms with van der Waals surface area (Å²) < 4.78 is 23.1. The zero-order valence-electron chi connectivity index (χ0n) is 9.74. The summed E-state index contributed by atoms with van der Waals surface area (Å²) >= 11 is 4.96. The average Bonchev–Trinajstić information content (AvgIpc) is 2.50. The molecule has 0 atom stereocenters. The van der Waals surface area contributed by atoms with Gasteiger partial charge in [0.2, 0.25) is 0 Å². The van der Waals surface area contributed by atoms with Crippen molar-refractivity contribution >= 4 is 32.9 Å². The van der Waals surface area contributed by atoms with Gasteiger partial charge in [-0.05, 0) is 12.5 Å². The Morgan fingerprint density at radius 2 is 2.17 bits per heavy atom. The fraction of sp³-hybridized carbons (Fsp3) is 0.500. The van der Waals surface area contributed by atoms with Crippen LogP contribution < -0.4 is 10.6 Å². The summed E-state index contributed by atoms with van der Waals surface area (Å²) in [5, 5.41) is 7.84. The van der Waals surface area contributed by atoms with Crippen LogP contribution in [-0.2, 0) is 9.84 Å². The maximum atomic E-state index is 11.6. The topological polar surface area (TPSA) is 89.2 Å². The Bertz CT molecular complexity index is 559. The Labute approximate surface area is 111 Å². The second-order valence-corrected chi connectivity index (χ2v) is 6.87. The molecular weight excluding hydrogens is 272 g/mol. The Morgan fingerprint density at radius 1 is 1.39 bits per heavy atom. The van der Waals surface area contributed by atoms with Crippen molar-refractivity contribution in [1.29, 1.82) is 0 Å². The number of hydrogen-bond donors (Lipinski definition) is 1. The molecule has 8 heteroatoms. The van der Waals surface area contributed by atoms with Gasteiger partial charge in [-0.15, -0.1) is 5.10 Å². The van der Waals surface area contributed by atoms with Crippen LogP contribution in [-0.4, -0.2) is 48.2 Å². The molecule has 1 aliphatic rings. The van der Waals surface area contributed by atoms with Gasteiger partial charge in [-0.1, -0.05) is 12.2 Å².